The number of rotatable bonds is 6. The van der Waals surface area contributed by atoms with Gasteiger partial charge in [-0.1, -0.05) is 12.1 Å². The molecule has 222 valence electrons. The first-order chi connectivity index (χ1) is 20.2. The van der Waals surface area contributed by atoms with E-state index in [1.807, 2.05) is 36.4 Å². The molecule has 0 saturated heterocycles. The fourth-order valence-corrected chi connectivity index (χ4v) is 4.23. The number of hydrogen-bond donors (Lipinski definition) is 3. The van der Waals surface area contributed by atoms with Crippen molar-refractivity contribution in [2.75, 3.05) is 38.2 Å². The highest BCUT2D eigenvalue weighted by Gasteiger charge is 2.15. The molecule has 0 spiro atoms. The Balaban J connectivity index is 0.000000171. The maximum atomic E-state index is 9.09. The lowest BCUT2D eigenvalue weighted by Crippen LogP contribution is -2.03. The quantitative estimate of drug-likeness (QED) is 0.176. The normalized spacial score (nSPS) is 11.0. The minimum atomic E-state index is -1.67. The molecule has 6 aromatic rings. The number of halogens is 3. The first kappa shape index (κ1) is 31.2. The molecule has 0 aliphatic carbocycles. The molecule has 2 aromatic carbocycles. The van der Waals surface area contributed by atoms with Gasteiger partial charge in [-0.05, 0) is 24.3 Å². The number of hydrogen-bond acceptors (Lipinski definition) is 12. The number of anilines is 2. The molecule has 0 radical (unpaired) electrons. The van der Waals surface area contributed by atoms with Gasteiger partial charge in [0, 0.05) is 50.9 Å². The number of aromatic nitrogens is 8. The van der Waals surface area contributed by atoms with E-state index in [-0.39, 0.29) is 18.5 Å². The van der Waals surface area contributed by atoms with E-state index in [1.54, 1.807) is 14.2 Å². The number of benzene rings is 2. The van der Waals surface area contributed by atoms with Crippen LogP contribution in [0.25, 0.3) is 33.1 Å². The van der Waals surface area contributed by atoms with Gasteiger partial charge in [-0.2, -0.15) is 9.03 Å². The second-order valence-corrected chi connectivity index (χ2v) is 11.2. The van der Waals surface area contributed by atoms with E-state index in [1.165, 1.54) is 9.03 Å². The molecule has 0 atom stereocenters. The van der Waals surface area contributed by atoms with Crippen LogP contribution in [-0.4, -0.2) is 75.2 Å². The molecule has 18 heteroatoms. The topological polar surface area (TPSA) is 194 Å². The predicted octanol–water partition coefficient (Wildman–Crippen LogP) is 3.10. The summed E-state index contributed by atoms with van der Waals surface area (Å²) in [5, 5.41) is 19.1. The third kappa shape index (κ3) is 6.65. The van der Waals surface area contributed by atoms with Crippen molar-refractivity contribution >= 4 is 87.2 Å². The Bertz CT molecular complexity index is 1750. The van der Waals surface area contributed by atoms with E-state index in [4.69, 9.17) is 41.9 Å². The van der Waals surface area contributed by atoms with Crippen LogP contribution < -0.4 is 20.9 Å². The molecule has 4 aromatic heterocycles. The van der Waals surface area contributed by atoms with Crippen molar-refractivity contribution in [1.29, 1.82) is 0 Å². The van der Waals surface area contributed by atoms with E-state index >= 15 is 0 Å². The molecular formula is C24H25Cl3N10O4S. The Labute approximate surface area is 255 Å². The average Bonchev–Trinajstić information content (AvgIpc) is 3.59. The molecule has 4 heterocycles. The first-order valence-corrected chi connectivity index (χ1v) is 15.4. The Morgan fingerprint density at radius 2 is 1.24 bits per heavy atom. The van der Waals surface area contributed by atoms with E-state index < -0.39 is 9.23 Å². The van der Waals surface area contributed by atoms with Crippen LogP contribution >= 0.6 is 33.0 Å². The summed E-state index contributed by atoms with van der Waals surface area (Å²) in [4.78, 5) is 17.5. The zero-order valence-electron chi connectivity index (χ0n) is 22.2. The average molecular weight is 656 g/mol. The number of para-hydroxylation sites is 2. The van der Waals surface area contributed by atoms with Crippen LogP contribution in [0.1, 0.15) is 11.6 Å². The number of alkyl halides is 1. The number of nitrogen functional groups attached to an aromatic ring is 2. The maximum Gasteiger partial charge on any atom is 0.223 e. The molecule has 0 aliphatic rings. The van der Waals surface area contributed by atoms with Crippen molar-refractivity contribution in [3.05, 3.63) is 48.0 Å². The monoisotopic (exact) mass is 654 g/mol. The summed E-state index contributed by atoms with van der Waals surface area (Å²) in [6, 6.07) is 11.2. The van der Waals surface area contributed by atoms with Crippen LogP contribution in [0.2, 0.25) is 0 Å². The second kappa shape index (κ2) is 13.9. The van der Waals surface area contributed by atoms with Crippen LogP contribution in [0.15, 0.2) is 36.4 Å². The number of nitrogens with two attached hydrogens (primary N) is 2. The number of aliphatic hydroxyl groups excluding tert-OH is 1. The summed E-state index contributed by atoms with van der Waals surface area (Å²) in [6.07, 6.45) is 0.973. The van der Waals surface area contributed by atoms with Crippen molar-refractivity contribution in [2.24, 2.45) is 0 Å². The SMILES string of the molecule is COc1cccc2c1nc(N)n1nc(CCCl)nc21.COc1cccc2c1nc(N)n1nc(CCO)nc21.O=S(Cl)Cl. The van der Waals surface area contributed by atoms with Gasteiger partial charge >= 0.3 is 0 Å². The molecule has 5 N–H and O–H groups in total. The van der Waals surface area contributed by atoms with E-state index in [2.05, 4.69) is 51.5 Å². The van der Waals surface area contributed by atoms with Crippen molar-refractivity contribution in [2.45, 2.75) is 12.8 Å². The minimum Gasteiger partial charge on any atom is -0.494 e. The van der Waals surface area contributed by atoms with Gasteiger partial charge < -0.3 is 26.0 Å². The summed E-state index contributed by atoms with van der Waals surface area (Å²) in [6.45, 7) is -0.00846. The molecule has 14 nitrogen and oxygen atoms in total. The fraction of sp³-hybridized carbons (Fsp3) is 0.250. The van der Waals surface area contributed by atoms with Crippen LogP contribution in [0.5, 0.6) is 11.5 Å². The van der Waals surface area contributed by atoms with Gasteiger partial charge in [0.1, 0.15) is 22.5 Å². The third-order valence-electron chi connectivity index (χ3n) is 5.76. The highest BCUT2D eigenvalue weighted by molar-refractivity contribution is 8.26. The lowest BCUT2D eigenvalue weighted by molar-refractivity contribution is 0.296. The van der Waals surface area contributed by atoms with Crippen LogP contribution in [0, 0.1) is 0 Å². The zero-order valence-corrected chi connectivity index (χ0v) is 25.3. The molecule has 0 bridgehead atoms. The molecular weight excluding hydrogens is 631 g/mol. The number of nitrogens with zero attached hydrogens (tertiary/aromatic N) is 8. The van der Waals surface area contributed by atoms with Crippen LogP contribution in [0.3, 0.4) is 0 Å². The Hall–Kier alpha value is -3.76. The van der Waals surface area contributed by atoms with Gasteiger partial charge in [-0.3, -0.25) is 0 Å². The summed E-state index contributed by atoms with van der Waals surface area (Å²) in [7, 11) is 10.5. The lowest BCUT2D eigenvalue weighted by atomic mass is 10.2. The summed E-state index contributed by atoms with van der Waals surface area (Å²) < 4.78 is 22.7. The Kier molecular flexibility index (Phi) is 10.3. The minimum absolute atomic E-state index is 0.00846. The molecule has 6 rings (SSSR count). The molecule has 0 fully saturated rings. The zero-order chi connectivity index (χ0) is 30.4. The van der Waals surface area contributed by atoms with Gasteiger partial charge in [-0.15, -0.1) is 21.8 Å². The third-order valence-corrected chi connectivity index (χ3v) is 5.95. The number of ether oxygens (including phenoxy) is 2. The number of methoxy groups -OCH3 is 2. The molecule has 0 amide bonds. The molecule has 0 saturated carbocycles. The Morgan fingerprint density at radius 3 is 1.62 bits per heavy atom. The van der Waals surface area contributed by atoms with Crippen LogP contribution in [0.4, 0.5) is 11.9 Å². The summed E-state index contributed by atoms with van der Waals surface area (Å²) in [5.74, 6) is 3.46. The van der Waals surface area contributed by atoms with E-state index in [0.717, 1.165) is 10.8 Å². The maximum absolute atomic E-state index is 9.09. The van der Waals surface area contributed by atoms with E-state index in [9.17, 15) is 0 Å². The van der Waals surface area contributed by atoms with Gasteiger partial charge in [0.25, 0.3) is 0 Å². The Morgan fingerprint density at radius 1 is 0.810 bits per heavy atom. The highest BCUT2D eigenvalue weighted by atomic mass is 36.0. The van der Waals surface area contributed by atoms with Crippen molar-refractivity contribution in [1.82, 2.24) is 39.2 Å². The summed E-state index contributed by atoms with van der Waals surface area (Å²) >= 11 is 5.71. The fourth-order valence-electron chi connectivity index (χ4n) is 4.06. The van der Waals surface area contributed by atoms with Gasteiger partial charge in [0.2, 0.25) is 21.1 Å². The molecule has 42 heavy (non-hydrogen) atoms. The smallest absolute Gasteiger partial charge is 0.223 e. The van der Waals surface area contributed by atoms with Gasteiger partial charge in [0.15, 0.2) is 22.9 Å². The standard InChI is InChI=1S/C12H12ClN5O.C12H13N5O2.Cl2OS/c1-19-8-4-2-3-7-10(8)16-12(14)18-11(7)15-9(17-18)5-6-13;1-19-8-4-2-3-7-10(8)15-12(13)17-11(7)14-9(16-17)5-6-18;1-4(2)3/h2-4H,5-6H2,1H3,(H2,14,16);2-4,18H,5-6H2,1H3,(H2,13,15);. The van der Waals surface area contributed by atoms with Gasteiger partial charge in [-0.25, -0.2) is 24.1 Å². The number of aliphatic hydroxyl groups is 1. The van der Waals surface area contributed by atoms with Crippen molar-refractivity contribution in [3.63, 3.8) is 0 Å². The van der Waals surface area contributed by atoms with Gasteiger partial charge in [0.05, 0.1) is 20.8 Å². The second-order valence-electron chi connectivity index (χ2n) is 8.28. The van der Waals surface area contributed by atoms with Crippen molar-refractivity contribution < 1.29 is 18.8 Å². The summed E-state index contributed by atoms with van der Waals surface area (Å²) in [5.41, 5.74) is 14.4. The number of fused-ring (bicyclic) bond motifs is 6. The predicted molar refractivity (Wildman–Crippen MR) is 164 cm³/mol. The van der Waals surface area contributed by atoms with E-state index in [0.29, 0.717) is 64.2 Å². The number of aryl methyl sites for hydroxylation is 1. The molecule has 0 unspecified atom stereocenters. The first-order valence-electron chi connectivity index (χ1n) is 12.1. The molecule has 0 aliphatic heterocycles. The van der Waals surface area contributed by atoms with Crippen LogP contribution in [-0.2, 0) is 22.1 Å². The highest BCUT2D eigenvalue weighted by Crippen LogP contribution is 2.28. The largest absolute Gasteiger partial charge is 0.494 e. The lowest BCUT2D eigenvalue weighted by Gasteiger charge is -2.06. The van der Waals surface area contributed by atoms with Crippen molar-refractivity contribution in [3.8, 4) is 11.5 Å².